The van der Waals surface area contributed by atoms with Crippen LogP contribution in [0, 0.1) is 0 Å². The van der Waals surface area contributed by atoms with Gasteiger partial charge in [0.25, 0.3) is 5.92 Å². The van der Waals surface area contributed by atoms with Crippen LogP contribution in [0.4, 0.5) is 8.78 Å². The lowest BCUT2D eigenvalue weighted by Crippen LogP contribution is -2.37. The number of ether oxygens (including phenoxy) is 1. The third-order valence-electron chi connectivity index (χ3n) is 1.67. The summed E-state index contributed by atoms with van der Waals surface area (Å²) in [5.41, 5.74) is 0.0367. The van der Waals surface area contributed by atoms with Gasteiger partial charge in [-0.05, 0) is 33.7 Å². The predicted molar refractivity (Wildman–Crippen MR) is 55.2 cm³/mol. The van der Waals surface area contributed by atoms with Gasteiger partial charge in [-0.1, -0.05) is 0 Å². The van der Waals surface area contributed by atoms with Gasteiger partial charge < -0.3 is 15.2 Å². The Labute approximate surface area is 89.8 Å². The van der Waals surface area contributed by atoms with Crippen LogP contribution >= 0.6 is 0 Å². The number of rotatable bonds is 7. The molecule has 3 nitrogen and oxygen atoms in total. The highest BCUT2D eigenvalue weighted by Crippen LogP contribution is 2.11. The highest BCUT2D eigenvalue weighted by atomic mass is 19.3. The second kappa shape index (κ2) is 6.35. The second-order valence-corrected chi connectivity index (χ2v) is 4.60. The molecule has 0 saturated heterocycles. The fraction of sp³-hybridized carbons (Fsp3) is 1.00. The molecule has 15 heavy (non-hydrogen) atoms. The third kappa shape index (κ3) is 10.0. The van der Waals surface area contributed by atoms with E-state index in [-0.39, 0.29) is 12.1 Å². The average Bonchev–Trinajstić information content (AvgIpc) is 2.09. The third-order valence-corrected chi connectivity index (χ3v) is 1.67. The molecule has 0 aromatic carbocycles. The van der Waals surface area contributed by atoms with Crippen LogP contribution < -0.4 is 5.32 Å². The average molecular weight is 225 g/mol. The van der Waals surface area contributed by atoms with E-state index in [9.17, 15) is 8.78 Å². The van der Waals surface area contributed by atoms with Gasteiger partial charge in [-0.2, -0.15) is 0 Å². The van der Waals surface area contributed by atoms with Gasteiger partial charge in [0.2, 0.25) is 0 Å². The maximum absolute atomic E-state index is 12.5. The molecule has 0 aromatic rings. The Morgan fingerprint density at radius 1 is 1.27 bits per heavy atom. The zero-order chi connectivity index (χ0) is 11.9. The molecule has 2 N–H and O–H groups in total. The van der Waals surface area contributed by atoms with E-state index in [1.54, 1.807) is 0 Å². The molecule has 92 valence electrons. The summed E-state index contributed by atoms with van der Waals surface area (Å²) in [6, 6.07) is 0. The van der Waals surface area contributed by atoms with Crippen molar-refractivity contribution in [3.05, 3.63) is 0 Å². The number of nitrogens with one attached hydrogen (secondary N) is 1. The Morgan fingerprint density at radius 3 is 2.33 bits per heavy atom. The summed E-state index contributed by atoms with van der Waals surface area (Å²) in [4.78, 5) is 0. The fourth-order valence-electron chi connectivity index (χ4n) is 0.905. The summed E-state index contributed by atoms with van der Waals surface area (Å²) in [6.07, 6.45) is 0.679. The first-order chi connectivity index (χ1) is 6.77. The molecule has 0 radical (unpaired) electrons. The molecule has 0 fully saturated rings. The van der Waals surface area contributed by atoms with Gasteiger partial charge in [0, 0.05) is 12.1 Å². The molecule has 0 unspecified atom stereocenters. The van der Waals surface area contributed by atoms with Crippen LogP contribution in [-0.2, 0) is 4.74 Å². The minimum absolute atomic E-state index is 0.0367. The Morgan fingerprint density at radius 2 is 1.87 bits per heavy atom. The highest BCUT2D eigenvalue weighted by molar-refractivity contribution is 4.69. The van der Waals surface area contributed by atoms with E-state index in [0.29, 0.717) is 6.42 Å². The number of halogens is 2. The monoisotopic (exact) mass is 225 g/mol. The first-order valence-corrected chi connectivity index (χ1v) is 5.08. The normalized spacial score (nSPS) is 13.2. The molecular formula is C10H21F2NO2. The Bertz CT molecular complexity index is 169. The first-order valence-electron chi connectivity index (χ1n) is 5.08. The van der Waals surface area contributed by atoms with Gasteiger partial charge in [0.1, 0.15) is 13.2 Å². The molecule has 0 rings (SSSR count). The molecule has 0 heterocycles. The lowest BCUT2D eigenvalue weighted by Gasteiger charge is -2.20. The van der Waals surface area contributed by atoms with Crippen LogP contribution in [0.25, 0.3) is 0 Å². The quantitative estimate of drug-likeness (QED) is 0.644. The van der Waals surface area contributed by atoms with Crippen LogP contribution in [0.5, 0.6) is 0 Å². The molecule has 0 amide bonds. The lowest BCUT2D eigenvalue weighted by molar-refractivity contribution is -0.107. The van der Waals surface area contributed by atoms with Crippen molar-refractivity contribution in [1.29, 1.82) is 0 Å². The van der Waals surface area contributed by atoms with Gasteiger partial charge in [0.15, 0.2) is 0 Å². The molecule has 5 heteroatoms. The molecule has 0 saturated carbocycles. The van der Waals surface area contributed by atoms with E-state index in [1.807, 2.05) is 20.8 Å². The van der Waals surface area contributed by atoms with E-state index < -0.39 is 19.1 Å². The zero-order valence-electron chi connectivity index (χ0n) is 9.65. The lowest BCUT2D eigenvalue weighted by atomic mass is 10.1. The minimum Gasteiger partial charge on any atom is -0.390 e. The molecule has 0 aliphatic heterocycles. The van der Waals surface area contributed by atoms with Crippen molar-refractivity contribution in [2.75, 3.05) is 26.4 Å². The summed E-state index contributed by atoms with van der Waals surface area (Å²) in [6.45, 7) is 5.24. The highest BCUT2D eigenvalue weighted by Gasteiger charge is 2.27. The minimum atomic E-state index is -3.11. The SMILES string of the molecule is CC(C)(C)NCCCOCC(F)(F)CO. The Hall–Kier alpha value is -0.260. The first kappa shape index (κ1) is 14.7. The molecule has 0 aliphatic carbocycles. The molecule has 0 aliphatic rings. The van der Waals surface area contributed by atoms with E-state index >= 15 is 0 Å². The summed E-state index contributed by atoms with van der Waals surface area (Å²) >= 11 is 0. The van der Waals surface area contributed by atoms with Crippen molar-refractivity contribution in [3.63, 3.8) is 0 Å². The summed E-state index contributed by atoms with van der Waals surface area (Å²) in [5, 5.41) is 11.5. The van der Waals surface area contributed by atoms with Gasteiger partial charge in [-0.25, -0.2) is 8.78 Å². The van der Waals surface area contributed by atoms with Gasteiger partial charge in [-0.15, -0.1) is 0 Å². The predicted octanol–water partition coefficient (Wildman–Crippen LogP) is 1.41. The molecular weight excluding hydrogens is 204 g/mol. The molecule has 0 atom stereocenters. The van der Waals surface area contributed by atoms with E-state index in [4.69, 9.17) is 9.84 Å². The largest absolute Gasteiger partial charge is 0.390 e. The number of hydrogen-bond donors (Lipinski definition) is 2. The molecule has 0 aromatic heterocycles. The van der Waals surface area contributed by atoms with Gasteiger partial charge >= 0.3 is 0 Å². The van der Waals surface area contributed by atoms with Gasteiger partial charge in [-0.3, -0.25) is 0 Å². The van der Waals surface area contributed by atoms with Crippen LogP contribution in [0.3, 0.4) is 0 Å². The van der Waals surface area contributed by atoms with Crippen molar-refractivity contribution in [2.45, 2.75) is 38.7 Å². The van der Waals surface area contributed by atoms with Crippen LogP contribution in [0.1, 0.15) is 27.2 Å². The fourth-order valence-corrected chi connectivity index (χ4v) is 0.905. The number of aliphatic hydroxyl groups excluding tert-OH is 1. The van der Waals surface area contributed by atoms with Crippen molar-refractivity contribution in [2.24, 2.45) is 0 Å². The Kier molecular flexibility index (Phi) is 6.24. The maximum Gasteiger partial charge on any atom is 0.293 e. The smallest absolute Gasteiger partial charge is 0.293 e. The number of hydrogen-bond acceptors (Lipinski definition) is 3. The van der Waals surface area contributed by atoms with E-state index in [0.717, 1.165) is 6.54 Å². The number of alkyl halides is 2. The van der Waals surface area contributed by atoms with E-state index in [2.05, 4.69) is 5.32 Å². The van der Waals surface area contributed by atoms with Crippen molar-refractivity contribution in [1.82, 2.24) is 5.32 Å². The van der Waals surface area contributed by atoms with Crippen LogP contribution in [0.15, 0.2) is 0 Å². The second-order valence-electron chi connectivity index (χ2n) is 4.60. The summed E-state index contributed by atoms with van der Waals surface area (Å²) in [5.74, 6) is -3.11. The van der Waals surface area contributed by atoms with Crippen LogP contribution in [-0.4, -0.2) is 42.9 Å². The Balaban J connectivity index is 3.33. The van der Waals surface area contributed by atoms with Crippen molar-refractivity contribution in [3.8, 4) is 0 Å². The molecule has 0 bridgehead atoms. The van der Waals surface area contributed by atoms with Crippen molar-refractivity contribution >= 4 is 0 Å². The number of aliphatic hydroxyl groups is 1. The summed E-state index contributed by atoms with van der Waals surface area (Å²) in [7, 11) is 0. The maximum atomic E-state index is 12.5. The zero-order valence-corrected chi connectivity index (χ0v) is 9.65. The van der Waals surface area contributed by atoms with E-state index in [1.165, 1.54) is 0 Å². The summed E-state index contributed by atoms with van der Waals surface area (Å²) < 4.78 is 29.7. The topological polar surface area (TPSA) is 41.5 Å². The van der Waals surface area contributed by atoms with Gasteiger partial charge in [0.05, 0.1) is 0 Å². The standard InChI is InChI=1S/C10H21F2NO2/c1-9(2,3)13-5-4-6-15-8-10(11,12)7-14/h13-14H,4-8H2,1-3H3. The molecule has 0 spiro atoms. The van der Waals surface area contributed by atoms with Crippen LogP contribution in [0.2, 0.25) is 0 Å². The van der Waals surface area contributed by atoms with Crippen molar-refractivity contribution < 1.29 is 18.6 Å².